The van der Waals surface area contributed by atoms with Crippen LogP contribution in [0, 0.1) is 0 Å². The van der Waals surface area contributed by atoms with Gasteiger partial charge in [0, 0.05) is 24.5 Å². The normalized spacial score (nSPS) is 14.7. The van der Waals surface area contributed by atoms with Gasteiger partial charge in [-0.05, 0) is 42.5 Å². The fraction of sp³-hybridized carbons (Fsp3) is 0.333. The molecule has 1 aliphatic heterocycles. The third-order valence-corrected chi connectivity index (χ3v) is 4.45. The van der Waals surface area contributed by atoms with Gasteiger partial charge in [0.2, 0.25) is 5.91 Å². The van der Waals surface area contributed by atoms with Crippen molar-refractivity contribution in [1.29, 1.82) is 0 Å². The van der Waals surface area contributed by atoms with E-state index in [1.165, 1.54) is 12.1 Å². The third-order valence-electron chi connectivity index (χ3n) is 4.45. The Morgan fingerprint density at radius 3 is 2.19 bits per heavy atom. The number of nitrogens with zero attached hydrogens (tertiary/aromatic N) is 1. The van der Waals surface area contributed by atoms with Crippen LogP contribution in [0.1, 0.15) is 5.56 Å². The second kappa shape index (κ2) is 10.3. The second-order valence-electron chi connectivity index (χ2n) is 6.88. The van der Waals surface area contributed by atoms with Crippen molar-refractivity contribution in [2.75, 3.05) is 50.1 Å². The number of carbonyl (C=O) groups excluding carboxylic acids is 2. The molecule has 10 heteroatoms. The fourth-order valence-corrected chi connectivity index (χ4v) is 2.91. The van der Waals surface area contributed by atoms with Gasteiger partial charge < -0.3 is 20.1 Å². The van der Waals surface area contributed by atoms with E-state index < -0.39 is 24.3 Å². The standard InChI is InChI=1S/C21H22F3N3O4/c22-21(23,24)15-2-1-3-18(12-15)31-14-20(29)26-17-6-4-16(5-7-17)25-19(28)13-27-8-10-30-11-9-27/h1-7,12H,8-11,13-14H2,(H,25,28)(H,26,29). The first kappa shape index (κ1) is 22.6. The quantitative estimate of drug-likeness (QED) is 0.696. The molecule has 1 fully saturated rings. The Labute approximate surface area is 177 Å². The minimum Gasteiger partial charge on any atom is -0.484 e. The molecule has 1 heterocycles. The summed E-state index contributed by atoms with van der Waals surface area (Å²) in [4.78, 5) is 26.1. The molecule has 31 heavy (non-hydrogen) atoms. The van der Waals surface area contributed by atoms with Gasteiger partial charge in [0.15, 0.2) is 6.61 Å². The summed E-state index contributed by atoms with van der Waals surface area (Å²) in [5, 5.41) is 5.37. The largest absolute Gasteiger partial charge is 0.484 e. The predicted octanol–water partition coefficient (Wildman–Crippen LogP) is 2.99. The Bertz CT molecular complexity index is 897. The van der Waals surface area contributed by atoms with Crippen molar-refractivity contribution < 1.29 is 32.2 Å². The number of alkyl halides is 3. The van der Waals surface area contributed by atoms with Crippen LogP contribution in [0.25, 0.3) is 0 Å². The molecule has 2 N–H and O–H groups in total. The molecule has 3 rings (SSSR count). The van der Waals surface area contributed by atoms with Crippen LogP contribution < -0.4 is 15.4 Å². The SMILES string of the molecule is O=C(COc1cccc(C(F)(F)F)c1)Nc1ccc(NC(=O)CN2CCOCC2)cc1. The minimum atomic E-state index is -4.49. The average Bonchev–Trinajstić information content (AvgIpc) is 2.74. The summed E-state index contributed by atoms with van der Waals surface area (Å²) in [7, 11) is 0. The Morgan fingerprint density at radius 2 is 1.58 bits per heavy atom. The van der Waals surface area contributed by atoms with Crippen molar-refractivity contribution in [3.63, 3.8) is 0 Å². The number of morpholine rings is 1. The molecule has 166 valence electrons. The van der Waals surface area contributed by atoms with Gasteiger partial charge in [0.25, 0.3) is 5.91 Å². The van der Waals surface area contributed by atoms with E-state index in [2.05, 4.69) is 10.6 Å². The summed E-state index contributed by atoms with van der Waals surface area (Å²) in [6.07, 6.45) is -4.49. The molecule has 2 aromatic rings. The zero-order valence-electron chi connectivity index (χ0n) is 16.6. The molecule has 1 saturated heterocycles. The first-order valence-electron chi connectivity index (χ1n) is 9.59. The fourth-order valence-electron chi connectivity index (χ4n) is 2.91. The van der Waals surface area contributed by atoms with Gasteiger partial charge >= 0.3 is 6.18 Å². The number of amides is 2. The summed E-state index contributed by atoms with van der Waals surface area (Å²) >= 11 is 0. The van der Waals surface area contributed by atoms with Crippen LogP contribution in [0.5, 0.6) is 5.75 Å². The second-order valence-corrected chi connectivity index (χ2v) is 6.88. The number of rotatable bonds is 7. The summed E-state index contributed by atoms with van der Waals surface area (Å²) in [6, 6.07) is 10.8. The van der Waals surface area contributed by atoms with Crippen LogP contribution in [-0.4, -0.2) is 56.2 Å². The average molecular weight is 437 g/mol. The molecule has 0 aliphatic carbocycles. The Morgan fingerprint density at radius 1 is 0.968 bits per heavy atom. The van der Waals surface area contributed by atoms with E-state index in [1.807, 2.05) is 4.90 Å². The molecule has 2 aromatic carbocycles. The van der Waals surface area contributed by atoms with Gasteiger partial charge in [-0.1, -0.05) is 6.07 Å². The summed E-state index contributed by atoms with van der Waals surface area (Å²) in [5.74, 6) is -0.724. The summed E-state index contributed by atoms with van der Waals surface area (Å²) < 4.78 is 48.5. The lowest BCUT2D eigenvalue weighted by atomic mass is 10.2. The predicted molar refractivity (Wildman–Crippen MR) is 108 cm³/mol. The molecule has 0 aromatic heterocycles. The molecule has 7 nitrogen and oxygen atoms in total. The first-order chi connectivity index (χ1) is 14.8. The molecule has 0 atom stereocenters. The van der Waals surface area contributed by atoms with Crippen LogP contribution in [0.3, 0.4) is 0 Å². The highest BCUT2D eigenvalue weighted by Crippen LogP contribution is 2.31. The van der Waals surface area contributed by atoms with E-state index in [9.17, 15) is 22.8 Å². The van der Waals surface area contributed by atoms with E-state index in [0.717, 1.165) is 12.1 Å². The zero-order chi connectivity index (χ0) is 22.3. The number of ether oxygens (including phenoxy) is 2. The van der Waals surface area contributed by atoms with Crippen molar-refractivity contribution in [3.8, 4) is 5.75 Å². The van der Waals surface area contributed by atoms with Gasteiger partial charge in [-0.25, -0.2) is 0 Å². The lowest BCUT2D eigenvalue weighted by Gasteiger charge is -2.25. The highest BCUT2D eigenvalue weighted by molar-refractivity contribution is 5.94. The van der Waals surface area contributed by atoms with Crippen LogP contribution in [0.15, 0.2) is 48.5 Å². The Kier molecular flexibility index (Phi) is 7.48. The van der Waals surface area contributed by atoms with Crippen LogP contribution in [0.4, 0.5) is 24.5 Å². The highest BCUT2D eigenvalue weighted by Gasteiger charge is 2.30. The molecule has 0 saturated carbocycles. The zero-order valence-corrected chi connectivity index (χ0v) is 16.6. The van der Waals surface area contributed by atoms with Crippen LogP contribution in [0.2, 0.25) is 0 Å². The number of anilines is 2. The van der Waals surface area contributed by atoms with Crippen LogP contribution in [-0.2, 0) is 20.5 Å². The van der Waals surface area contributed by atoms with Gasteiger partial charge in [0.05, 0.1) is 25.3 Å². The summed E-state index contributed by atoms with van der Waals surface area (Å²) in [6.45, 7) is 2.47. The van der Waals surface area contributed by atoms with Crippen molar-refractivity contribution in [3.05, 3.63) is 54.1 Å². The molecule has 1 aliphatic rings. The number of nitrogens with one attached hydrogen (secondary N) is 2. The van der Waals surface area contributed by atoms with E-state index in [0.29, 0.717) is 37.7 Å². The maximum Gasteiger partial charge on any atom is 0.416 e. The molecular formula is C21H22F3N3O4. The van der Waals surface area contributed by atoms with Gasteiger partial charge in [0.1, 0.15) is 5.75 Å². The Hall–Kier alpha value is -3.11. The van der Waals surface area contributed by atoms with Gasteiger partial charge in [-0.15, -0.1) is 0 Å². The Balaban J connectivity index is 1.45. The van der Waals surface area contributed by atoms with Gasteiger partial charge in [-0.2, -0.15) is 13.2 Å². The van der Waals surface area contributed by atoms with Crippen molar-refractivity contribution in [2.24, 2.45) is 0 Å². The van der Waals surface area contributed by atoms with Crippen LogP contribution >= 0.6 is 0 Å². The lowest BCUT2D eigenvalue weighted by Crippen LogP contribution is -2.41. The maximum atomic E-state index is 12.7. The molecule has 0 unspecified atom stereocenters. The van der Waals surface area contributed by atoms with E-state index >= 15 is 0 Å². The third kappa shape index (κ3) is 7.26. The van der Waals surface area contributed by atoms with Gasteiger partial charge in [-0.3, -0.25) is 14.5 Å². The molecule has 2 amide bonds. The highest BCUT2D eigenvalue weighted by atomic mass is 19.4. The number of benzene rings is 2. The van der Waals surface area contributed by atoms with E-state index in [-0.39, 0.29) is 18.2 Å². The maximum absolute atomic E-state index is 12.7. The van der Waals surface area contributed by atoms with E-state index in [4.69, 9.17) is 9.47 Å². The summed E-state index contributed by atoms with van der Waals surface area (Å²) in [5.41, 5.74) is 0.192. The van der Waals surface area contributed by atoms with Crippen molar-refractivity contribution in [2.45, 2.75) is 6.18 Å². The molecule has 0 bridgehead atoms. The first-order valence-corrected chi connectivity index (χ1v) is 9.59. The smallest absolute Gasteiger partial charge is 0.416 e. The topological polar surface area (TPSA) is 79.9 Å². The van der Waals surface area contributed by atoms with E-state index in [1.54, 1.807) is 24.3 Å². The van der Waals surface area contributed by atoms with Crippen molar-refractivity contribution >= 4 is 23.2 Å². The number of hydrogen-bond donors (Lipinski definition) is 2. The monoisotopic (exact) mass is 437 g/mol. The molecule has 0 spiro atoms. The minimum absolute atomic E-state index is 0.0525. The number of carbonyl (C=O) groups is 2. The molecular weight excluding hydrogens is 415 g/mol. The van der Waals surface area contributed by atoms with Crippen molar-refractivity contribution in [1.82, 2.24) is 4.90 Å². The lowest BCUT2D eigenvalue weighted by molar-refractivity contribution is -0.137. The number of hydrogen-bond acceptors (Lipinski definition) is 5. The number of halogens is 3. The molecule has 0 radical (unpaired) electrons.